The average molecular weight is 327 g/mol. The molecule has 1 aliphatic heterocycles. The van der Waals surface area contributed by atoms with Crippen molar-refractivity contribution in [3.8, 4) is 0 Å². The van der Waals surface area contributed by atoms with Crippen molar-refractivity contribution in [2.45, 2.75) is 19.0 Å². The van der Waals surface area contributed by atoms with Gasteiger partial charge in [0, 0.05) is 31.2 Å². The molecule has 0 spiro atoms. The third-order valence-corrected chi connectivity index (χ3v) is 3.78. The van der Waals surface area contributed by atoms with E-state index in [1.54, 1.807) is 24.3 Å². The van der Waals surface area contributed by atoms with E-state index in [1.165, 1.54) is 0 Å². The first kappa shape index (κ1) is 16.7. The summed E-state index contributed by atoms with van der Waals surface area (Å²) in [7, 11) is -3.27. The minimum atomic E-state index is -3.27. The number of anilines is 1. The highest BCUT2D eigenvalue weighted by molar-refractivity contribution is 7.92. The monoisotopic (exact) mass is 327 g/mol. The van der Waals surface area contributed by atoms with Gasteiger partial charge >= 0.3 is 0 Å². The molecular weight excluding hydrogens is 306 g/mol. The van der Waals surface area contributed by atoms with Crippen molar-refractivity contribution in [3.05, 3.63) is 29.8 Å². The lowest BCUT2D eigenvalue weighted by molar-refractivity contribution is -0.122. The number of nitrogens with one attached hydrogen (secondary N) is 3. The molecule has 8 heteroatoms. The third kappa shape index (κ3) is 6.00. The van der Waals surface area contributed by atoms with Crippen LogP contribution in [0.1, 0.15) is 12.0 Å². The van der Waals surface area contributed by atoms with Crippen LogP contribution in [0.5, 0.6) is 0 Å². The molecular formula is C14H21N3O4S. The first-order valence-electron chi connectivity index (χ1n) is 7.07. The van der Waals surface area contributed by atoms with Gasteiger partial charge in [-0.1, -0.05) is 12.1 Å². The molecule has 1 aromatic rings. The summed E-state index contributed by atoms with van der Waals surface area (Å²) in [4.78, 5) is 11.8. The van der Waals surface area contributed by atoms with Crippen molar-refractivity contribution in [1.29, 1.82) is 0 Å². The molecule has 0 radical (unpaired) electrons. The summed E-state index contributed by atoms with van der Waals surface area (Å²) in [5.74, 6) is -0.0404. The Labute approximate surface area is 130 Å². The van der Waals surface area contributed by atoms with E-state index in [1.807, 2.05) is 0 Å². The molecule has 0 aromatic heterocycles. The quantitative estimate of drug-likeness (QED) is 0.686. The lowest BCUT2D eigenvalue weighted by Gasteiger charge is -2.23. The minimum absolute atomic E-state index is 0.0404. The van der Waals surface area contributed by atoms with E-state index in [0.29, 0.717) is 31.9 Å². The van der Waals surface area contributed by atoms with Crippen molar-refractivity contribution in [2.24, 2.45) is 0 Å². The van der Waals surface area contributed by atoms with Crippen molar-refractivity contribution in [1.82, 2.24) is 10.6 Å². The standard InChI is InChI=1S/C14H21N3O4S/c1-22(19,20)17-12-4-2-11(3-5-12)9-16-14(18)8-13-10-21-7-6-15-13/h2-5,13,15,17H,6-10H2,1H3,(H,16,18). The maximum Gasteiger partial charge on any atom is 0.229 e. The second-order valence-electron chi connectivity index (χ2n) is 5.28. The molecule has 1 aliphatic rings. The molecule has 1 unspecified atom stereocenters. The number of hydrogen-bond donors (Lipinski definition) is 3. The zero-order valence-corrected chi connectivity index (χ0v) is 13.3. The van der Waals surface area contributed by atoms with Crippen molar-refractivity contribution >= 4 is 21.6 Å². The molecule has 1 aromatic carbocycles. The molecule has 7 nitrogen and oxygen atoms in total. The van der Waals surface area contributed by atoms with Gasteiger partial charge in [0.15, 0.2) is 0 Å². The molecule has 2 rings (SSSR count). The maximum absolute atomic E-state index is 11.8. The van der Waals surface area contributed by atoms with Crippen LogP contribution < -0.4 is 15.4 Å². The first-order chi connectivity index (χ1) is 10.4. The zero-order valence-electron chi connectivity index (χ0n) is 12.5. The Morgan fingerprint density at radius 2 is 2.09 bits per heavy atom. The molecule has 1 heterocycles. The fourth-order valence-electron chi connectivity index (χ4n) is 2.15. The lowest BCUT2D eigenvalue weighted by Crippen LogP contribution is -2.44. The Morgan fingerprint density at radius 1 is 1.36 bits per heavy atom. The predicted octanol–water partition coefficient (Wildman–Crippen LogP) is 0.0528. The number of amides is 1. The third-order valence-electron chi connectivity index (χ3n) is 3.18. The number of benzene rings is 1. The smallest absolute Gasteiger partial charge is 0.229 e. The largest absolute Gasteiger partial charge is 0.378 e. The van der Waals surface area contributed by atoms with Crippen LogP contribution in [-0.4, -0.2) is 46.4 Å². The summed E-state index contributed by atoms with van der Waals surface area (Å²) in [6.45, 7) is 2.42. The number of hydrogen-bond acceptors (Lipinski definition) is 5. The molecule has 3 N–H and O–H groups in total. The van der Waals surface area contributed by atoms with Gasteiger partial charge in [-0.05, 0) is 17.7 Å². The topological polar surface area (TPSA) is 96.5 Å². The van der Waals surface area contributed by atoms with E-state index in [4.69, 9.17) is 4.74 Å². The van der Waals surface area contributed by atoms with E-state index >= 15 is 0 Å². The second kappa shape index (κ2) is 7.57. The van der Waals surface area contributed by atoms with Gasteiger partial charge in [-0.3, -0.25) is 9.52 Å². The number of carbonyl (C=O) groups is 1. The van der Waals surface area contributed by atoms with Gasteiger partial charge < -0.3 is 15.4 Å². The highest BCUT2D eigenvalue weighted by atomic mass is 32.2. The molecule has 0 bridgehead atoms. The summed E-state index contributed by atoms with van der Waals surface area (Å²) in [6, 6.07) is 6.94. The van der Waals surface area contributed by atoms with Crippen LogP contribution in [-0.2, 0) is 26.1 Å². The van der Waals surface area contributed by atoms with Gasteiger partial charge in [0.1, 0.15) is 0 Å². The maximum atomic E-state index is 11.8. The molecule has 1 atom stereocenters. The predicted molar refractivity (Wildman–Crippen MR) is 84.0 cm³/mol. The Morgan fingerprint density at radius 3 is 2.68 bits per heavy atom. The normalized spacial score (nSPS) is 18.7. The molecule has 122 valence electrons. The van der Waals surface area contributed by atoms with Crippen LogP contribution in [0.25, 0.3) is 0 Å². The van der Waals surface area contributed by atoms with Crippen molar-refractivity contribution in [3.63, 3.8) is 0 Å². The Kier molecular flexibility index (Phi) is 5.76. The van der Waals surface area contributed by atoms with Crippen LogP contribution in [0.2, 0.25) is 0 Å². The van der Waals surface area contributed by atoms with E-state index in [9.17, 15) is 13.2 Å². The number of carbonyl (C=O) groups excluding carboxylic acids is 1. The average Bonchev–Trinajstić information content (AvgIpc) is 2.46. The van der Waals surface area contributed by atoms with E-state index < -0.39 is 10.0 Å². The first-order valence-corrected chi connectivity index (χ1v) is 8.96. The number of sulfonamides is 1. The van der Waals surface area contributed by atoms with Crippen LogP contribution in [0.3, 0.4) is 0 Å². The second-order valence-corrected chi connectivity index (χ2v) is 7.03. The van der Waals surface area contributed by atoms with E-state index in [2.05, 4.69) is 15.4 Å². The molecule has 0 saturated carbocycles. The van der Waals surface area contributed by atoms with Crippen molar-refractivity contribution < 1.29 is 17.9 Å². The highest BCUT2D eigenvalue weighted by Gasteiger charge is 2.16. The van der Waals surface area contributed by atoms with E-state index in [0.717, 1.165) is 18.4 Å². The number of ether oxygens (including phenoxy) is 1. The molecule has 1 saturated heterocycles. The highest BCUT2D eigenvalue weighted by Crippen LogP contribution is 2.10. The summed E-state index contributed by atoms with van der Waals surface area (Å²) in [5, 5.41) is 6.07. The van der Waals surface area contributed by atoms with Crippen LogP contribution in [0.15, 0.2) is 24.3 Å². The van der Waals surface area contributed by atoms with Gasteiger partial charge in [-0.2, -0.15) is 0 Å². The molecule has 0 aliphatic carbocycles. The van der Waals surface area contributed by atoms with Gasteiger partial charge in [0.05, 0.1) is 19.5 Å². The van der Waals surface area contributed by atoms with Gasteiger partial charge in [0.2, 0.25) is 15.9 Å². The Hall–Kier alpha value is -1.64. The zero-order chi connectivity index (χ0) is 16.0. The molecule has 1 fully saturated rings. The van der Waals surface area contributed by atoms with Crippen molar-refractivity contribution in [2.75, 3.05) is 30.7 Å². The van der Waals surface area contributed by atoms with Gasteiger partial charge in [0.25, 0.3) is 0 Å². The summed E-state index contributed by atoms with van der Waals surface area (Å²) >= 11 is 0. The summed E-state index contributed by atoms with van der Waals surface area (Å²) < 4.78 is 29.9. The molecule has 1 amide bonds. The van der Waals surface area contributed by atoms with E-state index in [-0.39, 0.29) is 11.9 Å². The van der Waals surface area contributed by atoms with Crippen LogP contribution in [0, 0.1) is 0 Å². The molecule has 22 heavy (non-hydrogen) atoms. The fourth-order valence-corrected chi connectivity index (χ4v) is 2.72. The lowest BCUT2D eigenvalue weighted by atomic mass is 10.1. The number of rotatable bonds is 6. The minimum Gasteiger partial charge on any atom is -0.378 e. The van der Waals surface area contributed by atoms with Gasteiger partial charge in [-0.25, -0.2) is 8.42 Å². The summed E-state index contributed by atoms with van der Waals surface area (Å²) in [6.07, 6.45) is 1.48. The Bertz CT molecular complexity index is 595. The fraction of sp³-hybridized carbons (Fsp3) is 0.500. The Balaban J connectivity index is 1.77. The van der Waals surface area contributed by atoms with Crippen LogP contribution >= 0.6 is 0 Å². The van der Waals surface area contributed by atoms with Gasteiger partial charge in [-0.15, -0.1) is 0 Å². The number of morpholine rings is 1. The summed E-state index contributed by atoms with van der Waals surface area (Å²) in [5.41, 5.74) is 1.40. The SMILES string of the molecule is CS(=O)(=O)Nc1ccc(CNC(=O)CC2COCCN2)cc1. The van der Waals surface area contributed by atoms with Crippen LogP contribution in [0.4, 0.5) is 5.69 Å².